The summed E-state index contributed by atoms with van der Waals surface area (Å²) in [5.41, 5.74) is 1.73. The normalized spacial score (nSPS) is 11.5. The highest BCUT2D eigenvalue weighted by Crippen LogP contribution is 2.42. The van der Waals surface area contributed by atoms with Gasteiger partial charge in [0, 0.05) is 0 Å². The van der Waals surface area contributed by atoms with E-state index in [1.54, 1.807) is 39.0 Å². The first-order valence-electron chi connectivity index (χ1n) is 6.42. The van der Waals surface area contributed by atoms with Gasteiger partial charge in [-0.2, -0.15) is 0 Å². The Labute approximate surface area is 139 Å². The smallest absolute Gasteiger partial charge is 0.262 e. The van der Waals surface area contributed by atoms with Crippen molar-refractivity contribution < 1.29 is 13.5 Å². The van der Waals surface area contributed by atoms with Crippen LogP contribution in [0.25, 0.3) is 0 Å². The molecule has 0 amide bonds. The minimum absolute atomic E-state index is 0.0260. The first-order chi connectivity index (χ1) is 10.2. The average molecular weight is 360 g/mol. The predicted molar refractivity (Wildman–Crippen MR) is 89.6 cm³/mol. The lowest BCUT2D eigenvalue weighted by molar-refractivity contribution is 0.475. The van der Waals surface area contributed by atoms with Crippen molar-refractivity contribution in [1.82, 2.24) is 0 Å². The number of nitrogens with one attached hydrogen (secondary N) is 1. The van der Waals surface area contributed by atoms with E-state index in [0.717, 1.165) is 0 Å². The van der Waals surface area contributed by atoms with E-state index in [4.69, 9.17) is 23.2 Å². The van der Waals surface area contributed by atoms with Crippen LogP contribution in [0.4, 0.5) is 5.69 Å². The summed E-state index contributed by atoms with van der Waals surface area (Å²) in [4.78, 5) is 0.175. The molecule has 0 spiro atoms. The van der Waals surface area contributed by atoms with Gasteiger partial charge in [-0.15, -0.1) is 0 Å². The highest BCUT2D eigenvalue weighted by atomic mass is 35.5. The van der Waals surface area contributed by atoms with Gasteiger partial charge in [-0.1, -0.05) is 41.4 Å². The van der Waals surface area contributed by atoms with Crippen LogP contribution in [-0.4, -0.2) is 13.5 Å². The SMILES string of the molecule is Cc1ccccc1S(=O)(=O)Nc1c(C)c(Cl)c(O)c(Cl)c1C. The largest absolute Gasteiger partial charge is 0.505 e. The van der Waals surface area contributed by atoms with E-state index in [-0.39, 0.29) is 26.4 Å². The molecule has 2 N–H and O–H groups in total. The highest BCUT2D eigenvalue weighted by molar-refractivity contribution is 7.92. The fourth-order valence-corrected chi connectivity index (χ4v) is 4.01. The van der Waals surface area contributed by atoms with E-state index in [1.165, 1.54) is 6.07 Å². The van der Waals surface area contributed by atoms with Gasteiger partial charge in [0.2, 0.25) is 0 Å². The molecule has 0 fully saturated rings. The molecule has 0 aromatic heterocycles. The van der Waals surface area contributed by atoms with Gasteiger partial charge in [-0.3, -0.25) is 4.72 Å². The molecule has 0 radical (unpaired) electrons. The zero-order valence-corrected chi connectivity index (χ0v) is 14.6. The topological polar surface area (TPSA) is 66.4 Å². The molecule has 7 heteroatoms. The molecule has 0 saturated carbocycles. The highest BCUT2D eigenvalue weighted by Gasteiger charge is 2.22. The molecule has 4 nitrogen and oxygen atoms in total. The van der Waals surface area contributed by atoms with E-state index in [1.807, 2.05) is 0 Å². The molecule has 0 aliphatic carbocycles. The van der Waals surface area contributed by atoms with Crippen molar-refractivity contribution in [2.45, 2.75) is 25.7 Å². The third-order valence-corrected chi connectivity index (χ3v) is 5.88. The zero-order chi connectivity index (χ0) is 16.7. The second-order valence-corrected chi connectivity index (χ2v) is 7.38. The fraction of sp³-hybridized carbons (Fsp3) is 0.200. The lowest BCUT2D eigenvalue weighted by Gasteiger charge is -2.17. The van der Waals surface area contributed by atoms with Crippen LogP contribution in [0, 0.1) is 20.8 Å². The maximum Gasteiger partial charge on any atom is 0.262 e. The van der Waals surface area contributed by atoms with E-state index in [9.17, 15) is 13.5 Å². The molecule has 118 valence electrons. The Balaban J connectivity index is 2.59. The van der Waals surface area contributed by atoms with E-state index in [0.29, 0.717) is 16.7 Å². The van der Waals surface area contributed by atoms with Gasteiger partial charge in [0.1, 0.15) is 0 Å². The molecule has 2 aromatic carbocycles. The molecule has 0 aliphatic rings. The number of rotatable bonds is 3. The molecule has 22 heavy (non-hydrogen) atoms. The van der Waals surface area contributed by atoms with Crippen molar-refractivity contribution in [3.63, 3.8) is 0 Å². The standard InChI is InChI=1S/C15H15Cl2NO3S/c1-8-6-4-5-7-11(8)22(20,21)18-14-9(2)12(16)15(19)13(17)10(14)3/h4-7,18-19H,1-3H3. The Morgan fingerprint density at radius 2 is 1.50 bits per heavy atom. The summed E-state index contributed by atoms with van der Waals surface area (Å²) < 4.78 is 27.7. The molecule has 2 rings (SSSR count). The monoisotopic (exact) mass is 359 g/mol. The minimum Gasteiger partial charge on any atom is -0.505 e. The Morgan fingerprint density at radius 1 is 1.00 bits per heavy atom. The van der Waals surface area contributed by atoms with Crippen molar-refractivity contribution in [3.8, 4) is 5.75 Å². The van der Waals surface area contributed by atoms with Gasteiger partial charge >= 0.3 is 0 Å². The number of phenolic OH excluding ortho intramolecular Hbond substituents is 1. The Bertz CT molecular complexity index is 819. The second-order valence-electron chi connectivity index (χ2n) is 4.97. The maximum atomic E-state index is 12.6. The van der Waals surface area contributed by atoms with Crippen LogP contribution >= 0.6 is 23.2 Å². The lowest BCUT2D eigenvalue weighted by atomic mass is 10.1. The van der Waals surface area contributed by atoms with Crippen LogP contribution in [0.15, 0.2) is 29.2 Å². The van der Waals surface area contributed by atoms with Crippen molar-refractivity contribution >= 4 is 38.9 Å². The van der Waals surface area contributed by atoms with Crippen LogP contribution in [0.5, 0.6) is 5.75 Å². The number of aryl methyl sites for hydroxylation is 1. The molecule has 0 aliphatic heterocycles. The predicted octanol–water partition coefficient (Wildman–Crippen LogP) is 4.43. The third-order valence-electron chi connectivity index (χ3n) is 3.44. The van der Waals surface area contributed by atoms with Gasteiger partial charge in [-0.25, -0.2) is 8.42 Å². The van der Waals surface area contributed by atoms with Crippen molar-refractivity contribution in [2.75, 3.05) is 4.72 Å². The minimum atomic E-state index is -3.78. The number of anilines is 1. The van der Waals surface area contributed by atoms with Crippen LogP contribution in [-0.2, 0) is 10.0 Å². The third kappa shape index (κ3) is 2.89. The Kier molecular flexibility index (Phi) is 4.61. The molecule has 0 saturated heterocycles. The first kappa shape index (κ1) is 16.9. The molecule has 0 atom stereocenters. The summed E-state index contributed by atoms with van der Waals surface area (Å²) in [6.07, 6.45) is 0. The van der Waals surface area contributed by atoms with Crippen LogP contribution in [0.2, 0.25) is 10.0 Å². The molecular weight excluding hydrogens is 345 g/mol. The number of halogens is 2. The number of sulfonamides is 1. The first-order valence-corrected chi connectivity index (χ1v) is 8.66. The van der Waals surface area contributed by atoms with E-state index in [2.05, 4.69) is 4.72 Å². The van der Waals surface area contributed by atoms with Crippen molar-refractivity contribution in [2.24, 2.45) is 0 Å². The van der Waals surface area contributed by atoms with Gasteiger partial charge in [0.05, 0.1) is 20.6 Å². The number of benzene rings is 2. The van der Waals surface area contributed by atoms with Gasteiger partial charge in [0.15, 0.2) is 5.75 Å². The summed E-state index contributed by atoms with van der Waals surface area (Å²) in [5, 5.41) is 9.86. The number of hydrogen-bond acceptors (Lipinski definition) is 3. The van der Waals surface area contributed by atoms with Crippen LogP contribution < -0.4 is 4.72 Å². The fourth-order valence-electron chi connectivity index (χ4n) is 2.15. The average Bonchev–Trinajstić information content (AvgIpc) is 2.48. The van der Waals surface area contributed by atoms with Gasteiger partial charge < -0.3 is 5.11 Å². The molecular formula is C15H15Cl2NO3S. The van der Waals surface area contributed by atoms with E-state index < -0.39 is 10.0 Å². The van der Waals surface area contributed by atoms with Gasteiger partial charge in [-0.05, 0) is 43.5 Å². The molecule has 0 heterocycles. The summed E-state index contributed by atoms with van der Waals surface area (Å²) in [5.74, 6) is -0.253. The van der Waals surface area contributed by atoms with Crippen LogP contribution in [0.3, 0.4) is 0 Å². The summed E-state index contributed by atoms with van der Waals surface area (Å²) in [6.45, 7) is 4.94. The number of aromatic hydroxyl groups is 1. The Morgan fingerprint density at radius 3 is 2.00 bits per heavy atom. The van der Waals surface area contributed by atoms with Crippen LogP contribution in [0.1, 0.15) is 16.7 Å². The zero-order valence-electron chi connectivity index (χ0n) is 12.2. The van der Waals surface area contributed by atoms with Gasteiger partial charge in [0.25, 0.3) is 10.0 Å². The molecule has 0 unspecified atom stereocenters. The Hall–Kier alpha value is -1.43. The van der Waals surface area contributed by atoms with E-state index >= 15 is 0 Å². The van der Waals surface area contributed by atoms with Crippen molar-refractivity contribution in [3.05, 3.63) is 51.0 Å². The second kappa shape index (κ2) is 5.99. The maximum absolute atomic E-state index is 12.6. The number of hydrogen-bond donors (Lipinski definition) is 2. The lowest BCUT2D eigenvalue weighted by Crippen LogP contribution is -2.16. The summed E-state index contributed by atoms with van der Waals surface area (Å²) in [6, 6.07) is 6.65. The summed E-state index contributed by atoms with van der Waals surface area (Å²) >= 11 is 12.0. The molecule has 0 bridgehead atoms. The van der Waals surface area contributed by atoms with Crippen molar-refractivity contribution in [1.29, 1.82) is 0 Å². The molecule has 2 aromatic rings. The summed E-state index contributed by atoms with van der Waals surface area (Å²) in [7, 11) is -3.78. The quantitative estimate of drug-likeness (QED) is 0.796. The number of phenols is 1.